The molecule has 0 saturated heterocycles. The zero-order valence-electron chi connectivity index (χ0n) is 12.6. The van der Waals surface area contributed by atoms with E-state index >= 15 is 0 Å². The minimum absolute atomic E-state index is 0.0726. The molecular formula is C14H23N3O3S. The van der Waals surface area contributed by atoms with Crippen molar-refractivity contribution in [2.45, 2.75) is 44.0 Å². The second kappa shape index (κ2) is 6.91. The van der Waals surface area contributed by atoms with Crippen LogP contribution in [0.3, 0.4) is 0 Å². The molecule has 0 spiro atoms. The molecular weight excluding hydrogens is 290 g/mol. The van der Waals surface area contributed by atoms with E-state index in [0.29, 0.717) is 12.2 Å². The van der Waals surface area contributed by atoms with E-state index in [1.807, 2.05) is 6.92 Å². The Morgan fingerprint density at radius 2 is 1.90 bits per heavy atom. The number of rotatable bonds is 8. The van der Waals surface area contributed by atoms with E-state index in [9.17, 15) is 13.2 Å². The molecule has 0 unspecified atom stereocenters. The van der Waals surface area contributed by atoms with Crippen molar-refractivity contribution in [2.75, 3.05) is 11.9 Å². The molecule has 0 aliphatic carbocycles. The molecule has 0 heterocycles. The molecule has 21 heavy (non-hydrogen) atoms. The van der Waals surface area contributed by atoms with Crippen LogP contribution < -0.4 is 15.8 Å². The minimum Gasteiger partial charge on any atom is -0.384 e. The molecule has 0 aliphatic rings. The summed E-state index contributed by atoms with van der Waals surface area (Å²) in [6.45, 7) is 5.92. The summed E-state index contributed by atoms with van der Waals surface area (Å²) in [5, 5.41) is 3.08. The summed E-state index contributed by atoms with van der Waals surface area (Å²) in [6, 6.07) is 6.67. The second-order valence-electron chi connectivity index (χ2n) is 5.56. The lowest BCUT2D eigenvalue weighted by Crippen LogP contribution is -2.46. The number of amides is 1. The van der Waals surface area contributed by atoms with Crippen molar-refractivity contribution >= 4 is 21.6 Å². The summed E-state index contributed by atoms with van der Waals surface area (Å²) in [5.74, 6) is -0.555. The summed E-state index contributed by atoms with van der Waals surface area (Å²) < 4.78 is 27.5. The van der Waals surface area contributed by atoms with Gasteiger partial charge in [-0.3, -0.25) is 4.79 Å². The van der Waals surface area contributed by atoms with Gasteiger partial charge in [0.1, 0.15) is 4.90 Å². The van der Waals surface area contributed by atoms with Crippen LogP contribution in [0.2, 0.25) is 0 Å². The van der Waals surface area contributed by atoms with Gasteiger partial charge in [0.15, 0.2) is 0 Å². The number of para-hydroxylation sites is 1. The van der Waals surface area contributed by atoms with Crippen LogP contribution in [-0.4, -0.2) is 26.4 Å². The molecule has 0 saturated carbocycles. The second-order valence-corrected chi connectivity index (χ2v) is 7.21. The Morgan fingerprint density at radius 3 is 2.48 bits per heavy atom. The molecule has 0 atom stereocenters. The molecule has 1 aromatic rings. The minimum atomic E-state index is -3.74. The normalized spacial score (nSPS) is 12.1. The van der Waals surface area contributed by atoms with Gasteiger partial charge in [-0.05, 0) is 32.4 Å². The molecule has 0 bridgehead atoms. The molecule has 4 N–H and O–H groups in total. The maximum atomic E-state index is 12.5. The van der Waals surface area contributed by atoms with E-state index in [2.05, 4.69) is 10.0 Å². The van der Waals surface area contributed by atoms with Gasteiger partial charge in [0.05, 0.1) is 5.69 Å². The Morgan fingerprint density at radius 1 is 1.29 bits per heavy atom. The standard InChI is InChI=1S/C14H23N3O3S/c1-4-9-16-11-7-5-6-8-12(11)21(19,20)17-14(2,3)10-13(15)18/h5-8,16-17H,4,9-10H2,1-3H3,(H2,15,18). The van der Waals surface area contributed by atoms with E-state index < -0.39 is 21.5 Å². The van der Waals surface area contributed by atoms with Crippen molar-refractivity contribution in [3.8, 4) is 0 Å². The Balaban J connectivity index is 3.05. The Bertz CT molecular complexity index is 597. The molecule has 0 aromatic heterocycles. The zero-order valence-corrected chi connectivity index (χ0v) is 13.5. The highest BCUT2D eigenvalue weighted by molar-refractivity contribution is 7.89. The Labute approximate surface area is 126 Å². The lowest BCUT2D eigenvalue weighted by atomic mass is 10.0. The molecule has 6 nitrogen and oxygen atoms in total. The lowest BCUT2D eigenvalue weighted by molar-refractivity contribution is -0.119. The topological polar surface area (TPSA) is 101 Å². The Hall–Kier alpha value is -1.60. The molecule has 0 radical (unpaired) electrons. The van der Waals surface area contributed by atoms with E-state index in [1.165, 1.54) is 6.07 Å². The smallest absolute Gasteiger partial charge is 0.243 e. The van der Waals surface area contributed by atoms with Crippen LogP contribution in [0.25, 0.3) is 0 Å². The first-order valence-electron chi connectivity index (χ1n) is 6.83. The molecule has 118 valence electrons. The van der Waals surface area contributed by atoms with Crippen LogP contribution in [0.1, 0.15) is 33.6 Å². The van der Waals surface area contributed by atoms with Crippen LogP contribution in [0.5, 0.6) is 0 Å². The summed E-state index contributed by atoms with van der Waals surface area (Å²) in [4.78, 5) is 11.2. The van der Waals surface area contributed by atoms with E-state index in [1.54, 1.807) is 32.0 Å². The number of anilines is 1. The fourth-order valence-electron chi connectivity index (χ4n) is 2.00. The predicted molar refractivity (Wildman–Crippen MR) is 83.4 cm³/mol. The highest BCUT2D eigenvalue weighted by Crippen LogP contribution is 2.23. The number of nitrogens with two attached hydrogens (primary N) is 1. The summed E-state index contributed by atoms with van der Waals surface area (Å²) in [5.41, 5.74) is 4.75. The van der Waals surface area contributed by atoms with Crippen molar-refractivity contribution < 1.29 is 13.2 Å². The quantitative estimate of drug-likeness (QED) is 0.676. The van der Waals surface area contributed by atoms with Gasteiger partial charge in [0.2, 0.25) is 15.9 Å². The predicted octanol–water partition coefficient (Wildman–Crippen LogP) is 1.44. The van der Waals surface area contributed by atoms with Crippen molar-refractivity contribution in [1.82, 2.24) is 4.72 Å². The third-order valence-corrected chi connectivity index (χ3v) is 4.53. The van der Waals surface area contributed by atoms with Gasteiger partial charge in [-0.25, -0.2) is 13.1 Å². The first-order valence-corrected chi connectivity index (χ1v) is 8.31. The third-order valence-electron chi connectivity index (χ3n) is 2.77. The van der Waals surface area contributed by atoms with Crippen molar-refractivity contribution in [2.24, 2.45) is 5.73 Å². The van der Waals surface area contributed by atoms with Crippen LogP contribution in [-0.2, 0) is 14.8 Å². The molecule has 1 aromatic carbocycles. The number of benzene rings is 1. The summed E-state index contributed by atoms with van der Waals surface area (Å²) in [7, 11) is -3.74. The summed E-state index contributed by atoms with van der Waals surface area (Å²) in [6.07, 6.45) is 0.811. The highest BCUT2D eigenvalue weighted by Gasteiger charge is 2.29. The zero-order chi connectivity index (χ0) is 16.1. The molecule has 0 fully saturated rings. The largest absolute Gasteiger partial charge is 0.384 e. The van der Waals surface area contributed by atoms with E-state index in [-0.39, 0.29) is 11.3 Å². The van der Waals surface area contributed by atoms with E-state index in [4.69, 9.17) is 5.73 Å². The fraction of sp³-hybridized carbons (Fsp3) is 0.500. The van der Waals surface area contributed by atoms with Crippen LogP contribution in [0.15, 0.2) is 29.2 Å². The van der Waals surface area contributed by atoms with Gasteiger partial charge in [-0.15, -0.1) is 0 Å². The SMILES string of the molecule is CCCNc1ccccc1S(=O)(=O)NC(C)(C)CC(N)=O. The highest BCUT2D eigenvalue weighted by atomic mass is 32.2. The van der Waals surface area contributed by atoms with Gasteiger partial charge in [0, 0.05) is 18.5 Å². The van der Waals surface area contributed by atoms with Crippen molar-refractivity contribution in [3.05, 3.63) is 24.3 Å². The number of sulfonamides is 1. The third kappa shape index (κ3) is 5.35. The van der Waals surface area contributed by atoms with Gasteiger partial charge in [-0.2, -0.15) is 0 Å². The van der Waals surface area contributed by atoms with Crippen molar-refractivity contribution in [1.29, 1.82) is 0 Å². The Kier molecular flexibility index (Phi) is 5.74. The number of carbonyl (C=O) groups excluding carboxylic acids is 1. The maximum Gasteiger partial charge on any atom is 0.243 e. The van der Waals surface area contributed by atoms with Gasteiger partial charge < -0.3 is 11.1 Å². The maximum absolute atomic E-state index is 12.5. The fourth-order valence-corrected chi connectivity index (χ4v) is 3.59. The summed E-state index contributed by atoms with van der Waals surface area (Å²) >= 11 is 0. The number of hydrogen-bond donors (Lipinski definition) is 3. The van der Waals surface area contributed by atoms with Gasteiger partial charge in [-0.1, -0.05) is 19.1 Å². The van der Waals surface area contributed by atoms with Crippen LogP contribution in [0, 0.1) is 0 Å². The van der Waals surface area contributed by atoms with Crippen molar-refractivity contribution in [3.63, 3.8) is 0 Å². The monoisotopic (exact) mass is 313 g/mol. The van der Waals surface area contributed by atoms with Crippen LogP contribution >= 0.6 is 0 Å². The van der Waals surface area contributed by atoms with E-state index in [0.717, 1.165) is 6.42 Å². The first-order chi connectivity index (χ1) is 9.68. The van der Waals surface area contributed by atoms with Gasteiger partial charge in [0.25, 0.3) is 0 Å². The average Bonchev–Trinajstić information content (AvgIpc) is 2.33. The molecule has 1 rings (SSSR count). The number of nitrogens with one attached hydrogen (secondary N) is 2. The van der Waals surface area contributed by atoms with Gasteiger partial charge >= 0.3 is 0 Å². The molecule has 1 amide bonds. The molecule has 7 heteroatoms. The van der Waals surface area contributed by atoms with Crippen LogP contribution in [0.4, 0.5) is 5.69 Å². The number of carbonyl (C=O) groups is 1. The lowest BCUT2D eigenvalue weighted by Gasteiger charge is -2.25. The number of primary amides is 1. The molecule has 0 aliphatic heterocycles. The average molecular weight is 313 g/mol. The first kappa shape index (κ1) is 17.5. The number of hydrogen-bond acceptors (Lipinski definition) is 4.